The number of nitrogens with zero attached hydrogens (tertiary/aromatic N) is 1. The number of furan rings is 1. The summed E-state index contributed by atoms with van der Waals surface area (Å²) in [6.07, 6.45) is 1.62. The van der Waals surface area contributed by atoms with Crippen molar-refractivity contribution in [2.45, 2.75) is 20.1 Å². The first kappa shape index (κ1) is 25.4. The number of hydrogen-bond donors (Lipinski definition) is 0. The lowest BCUT2D eigenvalue weighted by atomic mass is 10.1. The summed E-state index contributed by atoms with van der Waals surface area (Å²) in [4.78, 5) is 38.3. The zero-order chi connectivity index (χ0) is 25.7. The van der Waals surface area contributed by atoms with Gasteiger partial charge in [-0.3, -0.25) is 14.5 Å². The van der Waals surface area contributed by atoms with E-state index in [0.29, 0.717) is 41.1 Å². The molecule has 2 amide bonds. The summed E-state index contributed by atoms with van der Waals surface area (Å²) >= 11 is 6.76. The minimum Gasteiger partial charge on any atom is -0.490 e. The molecule has 1 fully saturated rings. The van der Waals surface area contributed by atoms with Crippen molar-refractivity contribution in [2.24, 2.45) is 0 Å². The Bertz CT molecular complexity index is 1320. The molecule has 0 aliphatic carbocycles. The highest BCUT2D eigenvalue weighted by atomic mass is 35.5. The van der Waals surface area contributed by atoms with E-state index in [-0.39, 0.29) is 17.2 Å². The van der Waals surface area contributed by atoms with E-state index >= 15 is 0 Å². The van der Waals surface area contributed by atoms with Crippen molar-refractivity contribution in [2.75, 3.05) is 13.7 Å². The van der Waals surface area contributed by atoms with Crippen molar-refractivity contribution >= 4 is 46.6 Å². The molecule has 1 aromatic heterocycles. The number of halogens is 1. The monoisotopic (exact) mass is 527 g/mol. The maximum atomic E-state index is 12.9. The number of thioether (sulfide) groups is 1. The molecule has 3 aromatic rings. The molecule has 36 heavy (non-hydrogen) atoms. The van der Waals surface area contributed by atoms with Gasteiger partial charge in [-0.1, -0.05) is 29.8 Å². The number of hydrogen-bond acceptors (Lipinski definition) is 8. The van der Waals surface area contributed by atoms with E-state index in [2.05, 4.69) is 4.74 Å². The molecular weight excluding hydrogens is 506 g/mol. The molecule has 0 bridgehead atoms. The van der Waals surface area contributed by atoms with Gasteiger partial charge in [0, 0.05) is 5.02 Å². The summed E-state index contributed by atoms with van der Waals surface area (Å²) < 4.78 is 21.6. The average Bonchev–Trinajstić information content (AvgIpc) is 3.45. The van der Waals surface area contributed by atoms with Crippen LogP contribution in [0.3, 0.4) is 0 Å². The van der Waals surface area contributed by atoms with Crippen LogP contribution in [0.4, 0.5) is 4.79 Å². The SMILES string of the molecule is CCOc1cc(/C=C2/SC(=O)N(Cc3ccc(C(=O)OC)o3)C2=O)ccc1OCc1ccc(Cl)cc1. The zero-order valence-electron chi connectivity index (χ0n) is 19.5. The van der Waals surface area contributed by atoms with Gasteiger partial charge in [-0.2, -0.15) is 0 Å². The first-order valence-electron chi connectivity index (χ1n) is 10.9. The van der Waals surface area contributed by atoms with Gasteiger partial charge in [-0.25, -0.2) is 4.79 Å². The maximum absolute atomic E-state index is 12.9. The largest absolute Gasteiger partial charge is 0.490 e. The van der Waals surface area contributed by atoms with Crippen LogP contribution in [-0.4, -0.2) is 35.7 Å². The molecule has 4 rings (SSSR count). The molecule has 1 aliphatic rings. The third kappa shape index (κ3) is 5.92. The van der Waals surface area contributed by atoms with Gasteiger partial charge in [0.1, 0.15) is 12.4 Å². The highest BCUT2D eigenvalue weighted by molar-refractivity contribution is 8.18. The molecular formula is C26H22ClNO7S. The third-order valence-corrected chi connectivity index (χ3v) is 6.27. The molecule has 2 heterocycles. The normalized spacial score (nSPS) is 14.4. The molecule has 0 atom stereocenters. The summed E-state index contributed by atoms with van der Waals surface area (Å²) in [6, 6.07) is 15.6. The van der Waals surface area contributed by atoms with E-state index in [1.165, 1.54) is 19.2 Å². The van der Waals surface area contributed by atoms with Crippen molar-refractivity contribution in [1.82, 2.24) is 4.90 Å². The Kier molecular flexibility index (Phi) is 8.02. The Hall–Kier alpha value is -3.69. The maximum Gasteiger partial charge on any atom is 0.373 e. The van der Waals surface area contributed by atoms with E-state index < -0.39 is 17.1 Å². The van der Waals surface area contributed by atoms with Crippen molar-refractivity contribution in [3.63, 3.8) is 0 Å². The van der Waals surface area contributed by atoms with E-state index in [4.69, 9.17) is 25.5 Å². The van der Waals surface area contributed by atoms with Crippen LogP contribution < -0.4 is 9.47 Å². The molecule has 10 heteroatoms. The third-order valence-electron chi connectivity index (χ3n) is 5.11. The van der Waals surface area contributed by atoms with Gasteiger partial charge in [0.25, 0.3) is 11.1 Å². The Morgan fingerprint density at radius 3 is 2.56 bits per heavy atom. The van der Waals surface area contributed by atoms with E-state index in [1.807, 2.05) is 19.1 Å². The van der Waals surface area contributed by atoms with Gasteiger partial charge in [0.2, 0.25) is 5.76 Å². The van der Waals surface area contributed by atoms with Gasteiger partial charge in [-0.05, 0) is 72.3 Å². The second-order valence-corrected chi connectivity index (χ2v) is 9.01. The predicted octanol–water partition coefficient (Wildman–Crippen LogP) is 5.93. The van der Waals surface area contributed by atoms with Crippen LogP contribution in [0.2, 0.25) is 5.02 Å². The minimum atomic E-state index is -0.638. The number of methoxy groups -OCH3 is 1. The van der Waals surface area contributed by atoms with E-state index in [0.717, 1.165) is 22.2 Å². The standard InChI is InChI=1S/C26H22ClNO7S/c1-3-33-22-12-17(6-10-20(22)34-15-16-4-7-18(27)8-5-16)13-23-24(29)28(26(31)36-23)14-19-9-11-21(35-19)25(30)32-2/h4-13H,3,14-15H2,1-2H3/b23-13+. The molecule has 0 unspecified atom stereocenters. The van der Waals surface area contributed by atoms with Gasteiger partial charge in [0.05, 0.1) is 25.2 Å². The van der Waals surface area contributed by atoms with Gasteiger partial charge in [-0.15, -0.1) is 0 Å². The van der Waals surface area contributed by atoms with Crippen molar-refractivity contribution in [3.05, 3.63) is 87.2 Å². The Morgan fingerprint density at radius 2 is 1.83 bits per heavy atom. The number of carbonyl (C=O) groups is 3. The number of imide groups is 1. The van der Waals surface area contributed by atoms with Crippen LogP contribution in [0.15, 0.2) is 63.9 Å². The number of carbonyl (C=O) groups excluding carboxylic acids is 3. The summed E-state index contributed by atoms with van der Waals surface area (Å²) in [5.74, 6) is 0.265. The van der Waals surface area contributed by atoms with Crippen LogP contribution in [-0.2, 0) is 22.7 Å². The van der Waals surface area contributed by atoms with E-state index in [9.17, 15) is 14.4 Å². The first-order chi connectivity index (χ1) is 17.4. The Balaban J connectivity index is 1.48. The molecule has 0 saturated carbocycles. The fraction of sp³-hybridized carbons (Fsp3) is 0.192. The summed E-state index contributed by atoms with van der Waals surface area (Å²) in [7, 11) is 1.24. The van der Waals surface area contributed by atoms with Crippen molar-refractivity contribution in [3.8, 4) is 11.5 Å². The number of benzene rings is 2. The highest BCUT2D eigenvalue weighted by Gasteiger charge is 2.35. The Morgan fingerprint density at radius 1 is 1.06 bits per heavy atom. The second-order valence-electron chi connectivity index (χ2n) is 7.58. The number of ether oxygens (including phenoxy) is 3. The lowest BCUT2D eigenvalue weighted by Gasteiger charge is -2.13. The lowest BCUT2D eigenvalue weighted by molar-refractivity contribution is -0.123. The molecule has 1 saturated heterocycles. The summed E-state index contributed by atoms with van der Waals surface area (Å²) in [5, 5.41) is 0.216. The first-order valence-corrected chi connectivity index (χ1v) is 12.1. The molecule has 0 radical (unpaired) electrons. The quantitative estimate of drug-likeness (QED) is 0.249. The average molecular weight is 528 g/mol. The number of amides is 2. The minimum absolute atomic E-state index is 0.00293. The molecule has 8 nitrogen and oxygen atoms in total. The molecule has 186 valence electrons. The summed E-state index contributed by atoms with van der Waals surface area (Å²) in [6.45, 7) is 2.52. The van der Waals surface area contributed by atoms with Gasteiger partial charge in [0.15, 0.2) is 11.5 Å². The van der Waals surface area contributed by atoms with Crippen molar-refractivity contribution in [1.29, 1.82) is 0 Å². The lowest BCUT2D eigenvalue weighted by Crippen LogP contribution is -2.27. The fourth-order valence-electron chi connectivity index (χ4n) is 3.36. The fourth-order valence-corrected chi connectivity index (χ4v) is 4.32. The number of rotatable bonds is 9. The second kappa shape index (κ2) is 11.4. The molecule has 2 aromatic carbocycles. The van der Waals surface area contributed by atoms with Crippen LogP contribution in [0, 0.1) is 0 Å². The van der Waals surface area contributed by atoms with Gasteiger partial charge < -0.3 is 18.6 Å². The van der Waals surface area contributed by atoms with Gasteiger partial charge >= 0.3 is 5.97 Å². The topological polar surface area (TPSA) is 95.3 Å². The smallest absolute Gasteiger partial charge is 0.373 e. The molecule has 0 spiro atoms. The van der Waals surface area contributed by atoms with Crippen LogP contribution in [0.25, 0.3) is 6.08 Å². The van der Waals surface area contributed by atoms with Crippen LogP contribution in [0.1, 0.15) is 34.4 Å². The van der Waals surface area contributed by atoms with E-state index in [1.54, 1.807) is 36.4 Å². The number of esters is 1. The predicted molar refractivity (Wildman–Crippen MR) is 135 cm³/mol. The van der Waals surface area contributed by atoms with Crippen LogP contribution >= 0.6 is 23.4 Å². The molecule has 1 aliphatic heterocycles. The molecule has 0 N–H and O–H groups in total. The van der Waals surface area contributed by atoms with Crippen molar-refractivity contribution < 1.29 is 33.0 Å². The summed E-state index contributed by atoms with van der Waals surface area (Å²) in [5.41, 5.74) is 1.63. The Labute approximate surface area is 216 Å². The highest BCUT2D eigenvalue weighted by Crippen LogP contribution is 2.36. The zero-order valence-corrected chi connectivity index (χ0v) is 21.1. The van der Waals surface area contributed by atoms with Crippen LogP contribution in [0.5, 0.6) is 11.5 Å².